The zero-order valence-corrected chi connectivity index (χ0v) is 10.2. The molecule has 0 radical (unpaired) electrons. The average Bonchev–Trinajstić information content (AvgIpc) is 2.76. The largest absolute Gasteiger partial charge is 0.481 e. The minimum Gasteiger partial charge on any atom is -0.481 e. The molecular formula is C12H19NO5. The van der Waals surface area contributed by atoms with Gasteiger partial charge in [0.1, 0.15) is 6.04 Å². The van der Waals surface area contributed by atoms with Crippen LogP contribution in [0.5, 0.6) is 0 Å². The fourth-order valence-electron chi connectivity index (χ4n) is 2.26. The highest BCUT2D eigenvalue weighted by atomic mass is 16.4. The number of rotatable bonds is 7. The van der Waals surface area contributed by atoms with Gasteiger partial charge in [-0.05, 0) is 25.2 Å². The highest BCUT2D eigenvalue weighted by Gasteiger charge is 2.23. The predicted octanol–water partition coefficient (Wildman–Crippen LogP) is 1.00. The van der Waals surface area contributed by atoms with Gasteiger partial charge in [0.2, 0.25) is 5.91 Å². The Balaban J connectivity index is 2.36. The maximum Gasteiger partial charge on any atom is 0.326 e. The maximum absolute atomic E-state index is 11.6. The zero-order chi connectivity index (χ0) is 13.5. The van der Waals surface area contributed by atoms with Gasteiger partial charge in [0.05, 0.1) is 0 Å². The van der Waals surface area contributed by atoms with Crippen molar-refractivity contribution in [2.45, 2.75) is 51.0 Å². The van der Waals surface area contributed by atoms with Crippen molar-refractivity contribution in [3.63, 3.8) is 0 Å². The number of nitrogens with one attached hydrogen (secondary N) is 1. The van der Waals surface area contributed by atoms with Crippen molar-refractivity contribution in [3.05, 3.63) is 0 Å². The van der Waals surface area contributed by atoms with Crippen molar-refractivity contribution in [2.24, 2.45) is 5.92 Å². The first-order valence-corrected chi connectivity index (χ1v) is 6.23. The van der Waals surface area contributed by atoms with Crippen molar-refractivity contribution in [1.82, 2.24) is 5.32 Å². The maximum atomic E-state index is 11.6. The fraction of sp³-hybridized carbons (Fsp3) is 0.750. The molecule has 6 nitrogen and oxygen atoms in total. The highest BCUT2D eigenvalue weighted by Crippen LogP contribution is 2.27. The van der Waals surface area contributed by atoms with E-state index in [4.69, 9.17) is 10.2 Å². The molecule has 1 aliphatic rings. The van der Waals surface area contributed by atoms with Gasteiger partial charge in [-0.25, -0.2) is 4.79 Å². The summed E-state index contributed by atoms with van der Waals surface area (Å²) >= 11 is 0. The third kappa shape index (κ3) is 5.16. The van der Waals surface area contributed by atoms with Gasteiger partial charge in [-0.3, -0.25) is 9.59 Å². The second-order valence-electron chi connectivity index (χ2n) is 4.75. The molecule has 3 N–H and O–H groups in total. The van der Waals surface area contributed by atoms with Crippen LogP contribution >= 0.6 is 0 Å². The van der Waals surface area contributed by atoms with Gasteiger partial charge in [0.25, 0.3) is 0 Å². The molecule has 1 saturated carbocycles. The molecule has 1 atom stereocenters. The minimum absolute atomic E-state index is 0.0823. The molecule has 1 fully saturated rings. The van der Waals surface area contributed by atoms with Gasteiger partial charge in [-0.15, -0.1) is 0 Å². The molecule has 18 heavy (non-hydrogen) atoms. The summed E-state index contributed by atoms with van der Waals surface area (Å²) in [6.45, 7) is 0. The molecule has 102 valence electrons. The van der Waals surface area contributed by atoms with E-state index in [1.807, 2.05) is 0 Å². The van der Waals surface area contributed by atoms with Crippen LogP contribution in [0.1, 0.15) is 44.9 Å². The molecule has 1 rings (SSSR count). The number of carbonyl (C=O) groups is 3. The lowest BCUT2D eigenvalue weighted by Crippen LogP contribution is -2.41. The van der Waals surface area contributed by atoms with Crippen LogP contribution < -0.4 is 5.32 Å². The second-order valence-corrected chi connectivity index (χ2v) is 4.75. The molecule has 6 heteroatoms. The first-order chi connectivity index (χ1) is 8.49. The lowest BCUT2D eigenvalue weighted by molar-refractivity contribution is -0.143. The monoisotopic (exact) mass is 257 g/mol. The van der Waals surface area contributed by atoms with E-state index in [1.54, 1.807) is 0 Å². The van der Waals surface area contributed by atoms with Crippen LogP contribution in [0.25, 0.3) is 0 Å². The molecule has 0 aliphatic heterocycles. The minimum atomic E-state index is -1.18. The van der Waals surface area contributed by atoms with Crippen LogP contribution in [0.2, 0.25) is 0 Å². The van der Waals surface area contributed by atoms with Crippen LogP contribution in [-0.2, 0) is 14.4 Å². The zero-order valence-electron chi connectivity index (χ0n) is 10.2. The summed E-state index contributed by atoms with van der Waals surface area (Å²) in [6, 6.07) is -1.10. The van der Waals surface area contributed by atoms with E-state index in [1.165, 1.54) is 0 Å². The van der Waals surface area contributed by atoms with Crippen LogP contribution in [0.4, 0.5) is 0 Å². The van der Waals surface area contributed by atoms with E-state index in [2.05, 4.69) is 5.32 Å². The van der Waals surface area contributed by atoms with E-state index in [0.29, 0.717) is 12.3 Å². The van der Waals surface area contributed by atoms with Gasteiger partial charge in [-0.1, -0.05) is 12.8 Å². The molecule has 1 amide bonds. The Labute approximate surface area is 105 Å². The number of carboxylic acids is 2. The molecular weight excluding hydrogens is 238 g/mol. The molecule has 1 aliphatic carbocycles. The molecule has 0 bridgehead atoms. The number of carbonyl (C=O) groups excluding carboxylic acids is 1. The van der Waals surface area contributed by atoms with Crippen LogP contribution in [0.15, 0.2) is 0 Å². The second kappa shape index (κ2) is 6.98. The fourth-order valence-corrected chi connectivity index (χ4v) is 2.26. The lowest BCUT2D eigenvalue weighted by Gasteiger charge is -2.15. The van der Waals surface area contributed by atoms with Crippen LogP contribution in [-0.4, -0.2) is 34.1 Å². The van der Waals surface area contributed by atoms with Gasteiger partial charge in [0.15, 0.2) is 0 Å². The Kier molecular flexibility index (Phi) is 5.61. The van der Waals surface area contributed by atoms with E-state index < -0.39 is 18.0 Å². The summed E-state index contributed by atoms with van der Waals surface area (Å²) in [7, 11) is 0. The quantitative estimate of drug-likeness (QED) is 0.631. The summed E-state index contributed by atoms with van der Waals surface area (Å²) in [4.78, 5) is 32.9. The Hall–Kier alpha value is -1.59. The lowest BCUT2D eigenvalue weighted by atomic mass is 10.0. The van der Waals surface area contributed by atoms with Gasteiger partial charge >= 0.3 is 11.9 Å². The summed E-state index contributed by atoms with van der Waals surface area (Å²) < 4.78 is 0. The van der Waals surface area contributed by atoms with Crippen LogP contribution in [0.3, 0.4) is 0 Å². The normalized spacial score (nSPS) is 17.3. The number of hydrogen-bond donors (Lipinski definition) is 3. The molecule has 0 unspecified atom stereocenters. The first-order valence-electron chi connectivity index (χ1n) is 6.23. The molecule has 0 heterocycles. The first kappa shape index (κ1) is 14.5. The van der Waals surface area contributed by atoms with Crippen LogP contribution in [0, 0.1) is 5.92 Å². The Morgan fingerprint density at radius 3 is 2.28 bits per heavy atom. The third-order valence-corrected chi connectivity index (χ3v) is 3.23. The molecule has 0 spiro atoms. The summed E-state index contributed by atoms with van der Waals surface area (Å²) in [6.07, 6.45) is 4.28. The van der Waals surface area contributed by atoms with Gasteiger partial charge in [-0.2, -0.15) is 0 Å². The smallest absolute Gasteiger partial charge is 0.326 e. The average molecular weight is 257 g/mol. The Morgan fingerprint density at radius 1 is 1.17 bits per heavy atom. The van der Waals surface area contributed by atoms with Gasteiger partial charge in [0, 0.05) is 12.8 Å². The highest BCUT2D eigenvalue weighted by molar-refractivity contribution is 5.84. The van der Waals surface area contributed by atoms with E-state index in [0.717, 1.165) is 25.7 Å². The van der Waals surface area contributed by atoms with E-state index in [9.17, 15) is 14.4 Å². The number of hydrogen-bond acceptors (Lipinski definition) is 3. The van der Waals surface area contributed by atoms with Crippen molar-refractivity contribution in [3.8, 4) is 0 Å². The van der Waals surface area contributed by atoms with Crippen molar-refractivity contribution < 1.29 is 24.6 Å². The number of amides is 1. The van der Waals surface area contributed by atoms with E-state index in [-0.39, 0.29) is 18.7 Å². The number of carboxylic acid groups (broad SMARTS) is 2. The Bertz CT molecular complexity index is 322. The van der Waals surface area contributed by atoms with Crippen molar-refractivity contribution >= 4 is 17.8 Å². The van der Waals surface area contributed by atoms with Gasteiger partial charge < -0.3 is 15.5 Å². The summed E-state index contributed by atoms with van der Waals surface area (Å²) in [5.41, 5.74) is 0. The third-order valence-electron chi connectivity index (χ3n) is 3.23. The van der Waals surface area contributed by atoms with Crippen molar-refractivity contribution in [2.75, 3.05) is 0 Å². The SMILES string of the molecule is O=C(O)CC[C@H](NC(=O)CC1CCCC1)C(=O)O. The molecule has 0 aromatic rings. The van der Waals surface area contributed by atoms with E-state index >= 15 is 0 Å². The van der Waals surface area contributed by atoms with Crippen molar-refractivity contribution in [1.29, 1.82) is 0 Å². The summed E-state index contributed by atoms with van der Waals surface area (Å²) in [5, 5.41) is 19.8. The Morgan fingerprint density at radius 2 is 1.78 bits per heavy atom. The predicted molar refractivity (Wildman–Crippen MR) is 63.0 cm³/mol. The molecule has 0 aromatic carbocycles. The standard InChI is InChI=1S/C12H19NO5/c14-10(7-8-3-1-2-4-8)13-9(12(17)18)5-6-11(15)16/h8-9H,1-7H2,(H,13,14)(H,15,16)(H,17,18)/t9-/m0/s1. The molecule has 0 aromatic heterocycles. The molecule has 0 saturated heterocycles. The number of aliphatic carboxylic acids is 2. The summed E-state index contributed by atoms with van der Waals surface area (Å²) in [5.74, 6) is -2.19. The topological polar surface area (TPSA) is 104 Å².